The molecular weight excluding hydrogens is 144 g/mol. The third-order valence-corrected chi connectivity index (χ3v) is 4.33. The Kier molecular flexibility index (Phi) is 1.50. The SMILES string of the molecule is CC1CC2(C)C=CC(C)(C2)C1C. The molecule has 1 saturated carbocycles. The van der Waals surface area contributed by atoms with Crippen molar-refractivity contribution in [2.24, 2.45) is 22.7 Å². The van der Waals surface area contributed by atoms with E-state index in [-0.39, 0.29) is 0 Å². The van der Waals surface area contributed by atoms with Crippen LogP contribution >= 0.6 is 0 Å². The topological polar surface area (TPSA) is 0 Å². The fraction of sp³-hybridized carbons (Fsp3) is 0.833. The first kappa shape index (κ1) is 8.34. The molecule has 68 valence electrons. The fourth-order valence-electron chi connectivity index (χ4n) is 3.39. The van der Waals surface area contributed by atoms with Crippen LogP contribution in [0.1, 0.15) is 40.5 Å². The Balaban J connectivity index is 2.34. The molecule has 0 amide bonds. The Morgan fingerprint density at radius 1 is 1.17 bits per heavy atom. The summed E-state index contributed by atoms with van der Waals surface area (Å²) in [6, 6.07) is 0. The first-order valence-electron chi connectivity index (χ1n) is 5.16. The van der Waals surface area contributed by atoms with E-state index in [2.05, 4.69) is 39.8 Å². The number of fused-ring (bicyclic) bond motifs is 2. The van der Waals surface area contributed by atoms with Gasteiger partial charge in [-0.15, -0.1) is 0 Å². The van der Waals surface area contributed by atoms with E-state index in [1.165, 1.54) is 12.8 Å². The predicted octanol–water partition coefficient (Wildman–Crippen LogP) is 3.63. The van der Waals surface area contributed by atoms with E-state index < -0.39 is 0 Å². The molecule has 0 aromatic rings. The van der Waals surface area contributed by atoms with Crippen molar-refractivity contribution in [2.45, 2.75) is 40.5 Å². The van der Waals surface area contributed by atoms with E-state index in [1.807, 2.05) is 0 Å². The second-order valence-electron chi connectivity index (χ2n) is 5.64. The van der Waals surface area contributed by atoms with Gasteiger partial charge in [0.25, 0.3) is 0 Å². The predicted molar refractivity (Wildman–Crippen MR) is 52.9 cm³/mol. The third kappa shape index (κ3) is 0.967. The van der Waals surface area contributed by atoms with Crippen molar-refractivity contribution in [1.29, 1.82) is 0 Å². The lowest BCUT2D eigenvalue weighted by molar-refractivity contribution is 0.0732. The minimum Gasteiger partial charge on any atom is -0.0820 e. The Labute approximate surface area is 76.1 Å². The van der Waals surface area contributed by atoms with Crippen molar-refractivity contribution in [3.8, 4) is 0 Å². The zero-order valence-corrected chi connectivity index (χ0v) is 8.72. The van der Waals surface area contributed by atoms with Gasteiger partial charge in [0, 0.05) is 0 Å². The molecule has 2 bridgehead atoms. The van der Waals surface area contributed by atoms with Crippen LogP contribution in [0.15, 0.2) is 12.2 Å². The zero-order chi connectivity index (χ0) is 8.98. The van der Waals surface area contributed by atoms with Crippen LogP contribution in [0.5, 0.6) is 0 Å². The first-order valence-corrected chi connectivity index (χ1v) is 5.16. The number of hydrogen-bond acceptors (Lipinski definition) is 0. The molecule has 0 saturated heterocycles. The highest BCUT2D eigenvalue weighted by Gasteiger charge is 2.48. The van der Waals surface area contributed by atoms with Crippen molar-refractivity contribution in [3.63, 3.8) is 0 Å². The van der Waals surface area contributed by atoms with Crippen LogP contribution in [-0.4, -0.2) is 0 Å². The maximum absolute atomic E-state index is 2.47. The zero-order valence-electron chi connectivity index (χ0n) is 8.72. The monoisotopic (exact) mass is 164 g/mol. The molecule has 0 aliphatic heterocycles. The summed E-state index contributed by atoms with van der Waals surface area (Å²) in [6.07, 6.45) is 7.71. The molecule has 0 heteroatoms. The van der Waals surface area contributed by atoms with Crippen LogP contribution in [0.3, 0.4) is 0 Å². The molecule has 4 unspecified atom stereocenters. The van der Waals surface area contributed by atoms with Gasteiger partial charge in [0.1, 0.15) is 0 Å². The molecule has 2 aliphatic carbocycles. The summed E-state index contributed by atoms with van der Waals surface area (Å²) in [5.41, 5.74) is 1.03. The van der Waals surface area contributed by atoms with Crippen LogP contribution in [0.2, 0.25) is 0 Å². The van der Waals surface area contributed by atoms with Crippen molar-refractivity contribution in [1.82, 2.24) is 0 Å². The Morgan fingerprint density at radius 3 is 2.50 bits per heavy atom. The largest absolute Gasteiger partial charge is 0.0820 e. The molecule has 0 aromatic heterocycles. The molecule has 0 aromatic carbocycles. The van der Waals surface area contributed by atoms with Gasteiger partial charge in [-0.05, 0) is 35.5 Å². The van der Waals surface area contributed by atoms with Gasteiger partial charge in [-0.2, -0.15) is 0 Å². The quantitative estimate of drug-likeness (QED) is 0.479. The van der Waals surface area contributed by atoms with E-state index in [0.717, 1.165) is 11.8 Å². The highest BCUT2D eigenvalue weighted by atomic mass is 14.5. The van der Waals surface area contributed by atoms with E-state index in [0.29, 0.717) is 10.8 Å². The summed E-state index contributed by atoms with van der Waals surface area (Å²) in [4.78, 5) is 0. The third-order valence-electron chi connectivity index (χ3n) is 4.33. The maximum atomic E-state index is 2.47. The van der Waals surface area contributed by atoms with Gasteiger partial charge in [-0.1, -0.05) is 39.8 Å². The standard InChI is InChI=1S/C12H20/c1-9-7-11(3)5-6-12(4,8-11)10(9)2/h5-6,9-10H,7-8H2,1-4H3. The van der Waals surface area contributed by atoms with E-state index in [9.17, 15) is 0 Å². The van der Waals surface area contributed by atoms with Gasteiger partial charge >= 0.3 is 0 Å². The lowest BCUT2D eigenvalue weighted by Crippen LogP contribution is -2.36. The molecule has 0 N–H and O–H groups in total. The molecule has 0 nitrogen and oxygen atoms in total. The second kappa shape index (κ2) is 2.16. The summed E-state index contributed by atoms with van der Waals surface area (Å²) in [6.45, 7) is 9.67. The lowest BCUT2D eigenvalue weighted by atomic mass is 9.60. The molecular formula is C12H20. The molecule has 2 aliphatic rings. The molecule has 1 fully saturated rings. The van der Waals surface area contributed by atoms with Crippen LogP contribution in [0.25, 0.3) is 0 Å². The van der Waals surface area contributed by atoms with E-state index in [4.69, 9.17) is 0 Å². The van der Waals surface area contributed by atoms with Crippen molar-refractivity contribution >= 4 is 0 Å². The minimum absolute atomic E-state index is 0.506. The summed E-state index contributed by atoms with van der Waals surface area (Å²) < 4.78 is 0. The second-order valence-corrected chi connectivity index (χ2v) is 5.64. The van der Waals surface area contributed by atoms with Crippen molar-refractivity contribution in [2.75, 3.05) is 0 Å². The van der Waals surface area contributed by atoms with E-state index in [1.54, 1.807) is 0 Å². The highest BCUT2D eigenvalue weighted by Crippen LogP contribution is 2.57. The van der Waals surface area contributed by atoms with Gasteiger partial charge < -0.3 is 0 Å². The lowest BCUT2D eigenvalue weighted by Gasteiger charge is -2.44. The van der Waals surface area contributed by atoms with Gasteiger partial charge in [0.2, 0.25) is 0 Å². The van der Waals surface area contributed by atoms with Gasteiger partial charge in [0.05, 0.1) is 0 Å². The van der Waals surface area contributed by atoms with Gasteiger partial charge in [0.15, 0.2) is 0 Å². The highest BCUT2D eigenvalue weighted by molar-refractivity contribution is 5.19. The van der Waals surface area contributed by atoms with Crippen LogP contribution < -0.4 is 0 Å². The van der Waals surface area contributed by atoms with Crippen molar-refractivity contribution in [3.05, 3.63) is 12.2 Å². The summed E-state index contributed by atoms with van der Waals surface area (Å²) in [5, 5.41) is 0. The van der Waals surface area contributed by atoms with E-state index >= 15 is 0 Å². The van der Waals surface area contributed by atoms with Crippen LogP contribution in [0, 0.1) is 22.7 Å². The van der Waals surface area contributed by atoms with Gasteiger partial charge in [-0.25, -0.2) is 0 Å². The molecule has 12 heavy (non-hydrogen) atoms. The Bertz CT molecular complexity index is 228. The van der Waals surface area contributed by atoms with Gasteiger partial charge in [-0.3, -0.25) is 0 Å². The Hall–Kier alpha value is -0.260. The number of hydrogen-bond donors (Lipinski definition) is 0. The molecule has 0 spiro atoms. The summed E-state index contributed by atoms with van der Waals surface area (Å²) in [7, 11) is 0. The molecule has 0 heterocycles. The normalized spacial score (nSPS) is 57.7. The molecule has 2 rings (SSSR count). The smallest absolute Gasteiger partial charge is 0.0110 e. The van der Waals surface area contributed by atoms with Crippen LogP contribution in [0.4, 0.5) is 0 Å². The fourth-order valence-corrected chi connectivity index (χ4v) is 3.39. The molecule has 0 radical (unpaired) electrons. The first-order chi connectivity index (χ1) is 5.45. The summed E-state index contributed by atoms with van der Waals surface area (Å²) in [5.74, 6) is 1.76. The number of allylic oxidation sites excluding steroid dienone is 2. The van der Waals surface area contributed by atoms with Crippen LogP contribution in [-0.2, 0) is 0 Å². The Morgan fingerprint density at radius 2 is 1.83 bits per heavy atom. The average Bonchev–Trinajstić information content (AvgIpc) is 2.22. The summed E-state index contributed by atoms with van der Waals surface area (Å²) >= 11 is 0. The van der Waals surface area contributed by atoms with Crippen molar-refractivity contribution < 1.29 is 0 Å². The molecule has 4 atom stereocenters. The average molecular weight is 164 g/mol. The number of rotatable bonds is 0. The minimum atomic E-state index is 0.506. The maximum Gasteiger partial charge on any atom is -0.0110 e.